The van der Waals surface area contributed by atoms with Gasteiger partial charge in [-0.25, -0.2) is 0 Å². The van der Waals surface area contributed by atoms with E-state index in [4.69, 9.17) is 9.47 Å². The molecule has 0 fully saturated rings. The van der Waals surface area contributed by atoms with Crippen LogP contribution in [0.1, 0.15) is 39.9 Å². The van der Waals surface area contributed by atoms with Gasteiger partial charge in [0, 0.05) is 39.5 Å². The molecule has 2 aromatic carbocycles. The van der Waals surface area contributed by atoms with Crippen molar-refractivity contribution in [3.8, 4) is 0 Å². The van der Waals surface area contributed by atoms with Gasteiger partial charge in [-0.2, -0.15) is 0 Å². The van der Waals surface area contributed by atoms with Crippen molar-refractivity contribution >= 4 is 11.8 Å². The third kappa shape index (κ3) is 4.66. The highest BCUT2D eigenvalue weighted by Crippen LogP contribution is 2.42. The minimum Gasteiger partial charge on any atom is -0.385 e. The summed E-state index contributed by atoms with van der Waals surface area (Å²) < 4.78 is 10.3. The van der Waals surface area contributed by atoms with E-state index in [1.165, 1.54) is 0 Å². The molecule has 2 atom stereocenters. The quantitative estimate of drug-likeness (QED) is 0.662. The van der Waals surface area contributed by atoms with Crippen molar-refractivity contribution < 1.29 is 19.1 Å². The van der Waals surface area contributed by atoms with Crippen molar-refractivity contribution in [3.63, 3.8) is 0 Å². The average molecular weight is 396 g/mol. The van der Waals surface area contributed by atoms with E-state index in [9.17, 15) is 9.59 Å². The molecule has 2 amide bonds. The average Bonchev–Trinajstić information content (AvgIpc) is 2.76. The summed E-state index contributed by atoms with van der Waals surface area (Å²) in [5.41, 5.74) is 2.28. The van der Waals surface area contributed by atoms with Gasteiger partial charge in [-0.15, -0.1) is 0 Å². The van der Waals surface area contributed by atoms with Crippen LogP contribution in [0.2, 0.25) is 0 Å². The summed E-state index contributed by atoms with van der Waals surface area (Å²) in [5.74, 6) is -0.655. The van der Waals surface area contributed by atoms with E-state index in [1.54, 1.807) is 25.2 Å². The largest absolute Gasteiger partial charge is 0.385 e. The standard InChI is InChI=1S/C23H28N2O4/c1-28-15-8-13-24-22(26)20-18-11-6-7-12-19(18)23(27)25(14-16-29-2)21(20)17-9-4-3-5-10-17/h3-7,9-12,20-21H,8,13-16H2,1-2H3,(H,24,26)/t20-,21+/m0/s1. The molecule has 0 saturated heterocycles. The van der Waals surface area contributed by atoms with Gasteiger partial charge in [-0.1, -0.05) is 48.5 Å². The number of carbonyl (C=O) groups excluding carboxylic acids is 2. The van der Waals surface area contributed by atoms with Crippen molar-refractivity contribution in [3.05, 3.63) is 71.3 Å². The molecule has 1 aliphatic rings. The number of fused-ring (bicyclic) bond motifs is 1. The molecule has 0 radical (unpaired) electrons. The molecule has 0 bridgehead atoms. The smallest absolute Gasteiger partial charge is 0.254 e. The molecule has 0 saturated carbocycles. The van der Waals surface area contributed by atoms with Gasteiger partial charge in [0.2, 0.25) is 5.91 Å². The zero-order valence-corrected chi connectivity index (χ0v) is 17.0. The summed E-state index contributed by atoms with van der Waals surface area (Å²) in [6, 6.07) is 16.7. The monoisotopic (exact) mass is 396 g/mol. The Hall–Kier alpha value is -2.70. The second-order valence-electron chi connectivity index (χ2n) is 7.05. The van der Waals surface area contributed by atoms with Gasteiger partial charge < -0.3 is 19.7 Å². The van der Waals surface area contributed by atoms with Gasteiger partial charge in [0.05, 0.1) is 18.6 Å². The van der Waals surface area contributed by atoms with Crippen molar-refractivity contribution in [1.82, 2.24) is 10.2 Å². The van der Waals surface area contributed by atoms with Gasteiger partial charge in [0.15, 0.2) is 0 Å². The minimum absolute atomic E-state index is 0.0741. The molecule has 6 heteroatoms. The molecular weight excluding hydrogens is 368 g/mol. The number of rotatable bonds is 9. The molecule has 6 nitrogen and oxygen atoms in total. The predicted octanol–water partition coefficient (Wildman–Crippen LogP) is 2.77. The first-order valence-corrected chi connectivity index (χ1v) is 9.89. The predicted molar refractivity (Wildman–Crippen MR) is 111 cm³/mol. The number of carbonyl (C=O) groups is 2. The zero-order valence-electron chi connectivity index (χ0n) is 17.0. The molecule has 1 aliphatic heterocycles. The first-order valence-electron chi connectivity index (χ1n) is 9.89. The van der Waals surface area contributed by atoms with E-state index >= 15 is 0 Å². The van der Waals surface area contributed by atoms with Crippen molar-refractivity contribution in [2.75, 3.05) is 40.5 Å². The highest BCUT2D eigenvalue weighted by molar-refractivity contribution is 6.01. The molecule has 1 N–H and O–H groups in total. The second kappa shape index (κ2) is 10.2. The maximum Gasteiger partial charge on any atom is 0.254 e. The maximum absolute atomic E-state index is 13.3. The molecule has 3 rings (SSSR count). The summed E-state index contributed by atoms with van der Waals surface area (Å²) in [5, 5.41) is 3.03. The Kier molecular flexibility index (Phi) is 7.38. The Balaban J connectivity index is 2.02. The summed E-state index contributed by atoms with van der Waals surface area (Å²) in [6.07, 6.45) is 0.735. The molecule has 154 valence electrons. The van der Waals surface area contributed by atoms with E-state index in [0.29, 0.717) is 31.9 Å². The van der Waals surface area contributed by atoms with Crippen molar-refractivity contribution in [2.24, 2.45) is 0 Å². The van der Waals surface area contributed by atoms with Crippen LogP contribution in [0.25, 0.3) is 0 Å². The number of ether oxygens (including phenoxy) is 2. The second-order valence-corrected chi connectivity index (χ2v) is 7.05. The first kappa shape index (κ1) is 21.0. The summed E-state index contributed by atoms with van der Waals surface area (Å²) in [4.78, 5) is 28.4. The Morgan fingerprint density at radius 1 is 1.00 bits per heavy atom. The van der Waals surface area contributed by atoms with Crippen LogP contribution < -0.4 is 5.32 Å². The van der Waals surface area contributed by atoms with Gasteiger partial charge in [0.1, 0.15) is 0 Å². The van der Waals surface area contributed by atoms with E-state index in [2.05, 4.69) is 5.32 Å². The van der Waals surface area contributed by atoms with Crippen LogP contribution in [-0.4, -0.2) is 57.2 Å². The van der Waals surface area contributed by atoms with E-state index in [0.717, 1.165) is 17.5 Å². The topological polar surface area (TPSA) is 67.9 Å². The Labute approximate surface area is 171 Å². The minimum atomic E-state index is -0.495. The number of nitrogens with one attached hydrogen (secondary N) is 1. The molecule has 0 unspecified atom stereocenters. The Morgan fingerprint density at radius 3 is 2.41 bits per heavy atom. The fourth-order valence-corrected chi connectivity index (χ4v) is 3.87. The highest BCUT2D eigenvalue weighted by atomic mass is 16.5. The summed E-state index contributed by atoms with van der Waals surface area (Å²) >= 11 is 0. The molecule has 0 spiro atoms. The number of nitrogens with zero attached hydrogens (tertiary/aromatic N) is 1. The number of benzene rings is 2. The number of methoxy groups -OCH3 is 2. The first-order chi connectivity index (χ1) is 14.2. The lowest BCUT2D eigenvalue weighted by molar-refractivity contribution is -0.124. The van der Waals surface area contributed by atoms with Crippen molar-refractivity contribution in [2.45, 2.75) is 18.4 Å². The van der Waals surface area contributed by atoms with Gasteiger partial charge in [-0.05, 0) is 23.6 Å². The zero-order chi connectivity index (χ0) is 20.6. The molecule has 2 aromatic rings. The van der Waals surface area contributed by atoms with E-state index in [1.807, 2.05) is 48.5 Å². The summed E-state index contributed by atoms with van der Waals surface area (Å²) in [6.45, 7) is 1.93. The van der Waals surface area contributed by atoms with Crippen molar-refractivity contribution in [1.29, 1.82) is 0 Å². The molecule has 29 heavy (non-hydrogen) atoms. The third-order valence-corrected chi connectivity index (χ3v) is 5.22. The fraction of sp³-hybridized carbons (Fsp3) is 0.391. The van der Waals surface area contributed by atoms with Crippen LogP contribution in [0.15, 0.2) is 54.6 Å². The maximum atomic E-state index is 13.3. The van der Waals surface area contributed by atoms with Crippen LogP contribution in [0, 0.1) is 0 Å². The van der Waals surface area contributed by atoms with E-state index < -0.39 is 12.0 Å². The van der Waals surface area contributed by atoms with Gasteiger partial charge in [0.25, 0.3) is 5.91 Å². The summed E-state index contributed by atoms with van der Waals surface area (Å²) in [7, 11) is 3.25. The Bertz CT molecular complexity index is 825. The third-order valence-electron chi connectivity index (χ3n) is 5.22. The molecule has 0 aliphatic carbocycles. The lowest BCUT2D eigenvalue weighted by Gasteiger charge is -2.41. The van der Waals surface area contributed by atoms with Gasteiger partial charge >= 0.3 is 0 Å². The van der Waals surface area contributed by atoms with E-state index in [-0.39, 0.29) is 11.8 Å². The number of hydrogen-bond acceptors (Lipinski definition) is 4. The molecular formula is C23H28N2O4. The lowest BCUT2D eigenvalue weighted by Crippen LogP contribution is -2.48. The Morgan fingerprint density at radius 2 is 1.69 bits per heavy atom. The van der Waals surface area contributed by atoms with Crippen LogP contribution in [0.5, 0.6) is 0 Å². The SMILES string of the molecule is COCCCNC(=O)[C@H]1c2ccccc2C(=O)N(CCOC)[C@@H]1c1ccccc1. The number of hydrogen-bond donors (Lipinski definition) is 1. The lowest BCUT2D eigenvalue weighted by atomic mass is 9.79. The van der Waals surface area contributed by atoms with Crippen LogP contribution in [0.3, 0.4) is 0 Å². The fourth-order valence-electron chi connectivity index (χ4n) is 3.87. The molecule has 1 heterocycles. The normalized spacial score (nSPS) is 18.4. The van der Waals surface area contributed by atoms with Gasteiger partial charge in [-0.3, -0.25) is 9.59 Å². The van der Waals surface area contributed by atoms with Crippen LogP contribution >= 0.6 is 0 Å². The molecule has 0 aromatic heterocycles. The van der Waals surface area contributed by atoms with Crippen LogP contribution in [-0.2, 0) is 14.3 Å². The van der Waals surface area contributed by atoms with Crippen LogP contribution in [0.4, 0.5) is 0 Å². The highest BCUT2D eigenvalue weighted by Gasteiger charge is 2.43. The number of amides is 2.